The van der Waals surface area contributed by atoms with E-state index in [4.69, 9.17) is 0 Å². The van der Waals surface area contributed by atoms with Gasteiger partial charge in [-0.25, -0.2) is 0 Å². The first-order valence-electron chi connectivity index (χ1n) is 8.87. The van der Waals surface area contributed by atoms with Crippen LogP contribution in [0.25, 0.3) is 0 Å². The van der Waals surface area contributed by atoms with Crippen molar-refractivity contribution in [2.24, 2.45) is 5.41 Å². The van der Waals surface area contributed by atoms with Gasteiger partial charge in [0.05, 0.1) is 0 Å². The van der Waals surface area contributed by atoms with Crippen molar-refractivity contribution in [3.05, 3.63) is 0 Å². The number of rotatable bonds is 2. The molecule has 2 aliphatic rings. The minimum atomic E-state index is 0.335. The second kappa shape index (κ2) is 6.55. The van der Waals surface area contributed by atoms with Crippen LogP contribution in [0.4, 0.5) is 0 Å². The van der Waals surface area contributed by atoms with Crippen LogP contribution >= 0.6 is 0 Å². The number of likely N-dealkylation sites (tertiary alicyclic amines) is 1. The Morgan fingerprint density at radius 2 is 1.29 bits per heavy atom. The molecule has 0 atom stereocenters. The van der Waals surface area contributed by atoms with E-state index in [1.165, 1.54) is 58.7 Å². The maximum Gasteiger partial charge on any atom is 0.0126 e. The molecule has 3 nitrogen and oxygen atoms in total. The molecule has 0 spiro atoms. The van der Waals surface area contributed by atoms with E-state index in [0.717, 1.165) is 6.04 Å². The molecule has 0 N–H and O–H groups in total. The average molecular weight is 296 g/mol. The van der Waals surface area contributed by atoms with Crippen LogP contribution in [0.1, 0.15) is 54.4 Å². The molecule has 2 fully saturated rings. The third kappa shape index (κ3) is 5.22. The fraction of sp³-hybridized carbons (Fsp3) is 1.00. The molecule has 3 heteroatoms. The number of piperidine rings is 1. The van der Waals surface area contributed by atoms with E-state index < -0.39 is 0 Å². The van der Waals surface area contributed by atoms with E-state index >= 15 is 0 Å². The summed E-state index contributed by atoms with van der Waals surface area (Å²) in [5, 5.41) is 0. The molecular formula is C18H37N3. The highest BCUT2D eigenvalue weighted by Gasteiger charge is 2.31. The van der Waals surface area contributed by atoms with Crippen molar-refractivity contribution in [3.63, 3.8) is 0 Å². The molecule has 2 rings (SSSR count). The molecule has 0 bridgehead atoms. The monoisotopic (exact) mass is 295 g/mol. The predicted octanol–water partition coefficient (Wildman–Crippen LogP) is 2.91. The van der Waals surface area contributed by atoms with Crippen molar-refractivity contribution in [2.45, 2.75) is 66.0 Å². The van der Waals surface area contributed by atoms with E-state index in [9.17, 15) is 0 Å². The Morgan fingerprint density at radius 3 is 1.71 bits per heavy atom. The molecule has 0 aromatic rings. The zero-order chi connectivity index (χ0) is 15.7. The van der Waals surface area contributed by atoms with Gasteiger partial charge in [0.1, 0.15) is 0 Å². The van der Waals surface area contributed by atoms with Gasteiger partial charge in [0.25, 0.3) is 0 Å². The molecule has 0 amide bonds. The molecule has 0 radical (unpaired) electrons. The van der Waals surface area contributed by atoms with Gasteiger partial charge in [0.2, 0.25) is 0 Å². The number of hydrogen-bond acceptors (Lipinski definition) is 3. The van der Waals surface area contributed by atoms with Gasteiger partial charge >= 0.3 is 0 Å². The summed E-state index contributed by atoms with van der Waals surface area (Å²) in [4.78, 5) is 8.07. The Labute approximate surface area is 132 Å². The Hall–Kier alpha value is -0.120. The van der Waals surface area contributed by atoms with E-state index in [0.29, 0.717) is 11.0 Å². The lowest BCUT2D eigenvalue weighted by molar-refractivity contribution is 0.0203. The summed E-state index contributed by atoms with van der Waals surface area (Å²) in [6.45, 7) is 22.9. The quantitative estimate of drug-likeness (QED) is 0.775. The van der Waals surface area contributed by atoms with Crippen LogP contribution in [0, 0.1) is 5.41 Å². The Morgan fingerprint density at radius 1 is 0.762 bits per heavy atom. The van der Waals surface area contributed by atoms with Gasteiger partial charge in [-0.3, -0.25) is 9.80 Å². The highest BCUT2D eigenvalue weighted by Crippen LogP contribution is 2.23. The van der Waals surface area contributed by atoms with Gasteiger partial charge in [0, 0.05) is 44.3 Å². The van der Waals surface area contributed by atoms with Gasteiger partial charge in [-0.1, -0.05) is 20.8 Å². The van der Waals surface area contributed by atoms with Crippen molar-refractivity contribution in [1.29, 1.82) is 0 Å². The molecular weight excluding hydrogens is 258 g/mol. The number of piperazine rings is 1. The standard InChI is InChI=1S/C18H37N3/c1-17(2,3)15-19-9-7-16(8-10-19)20-11-13-21(14-12-20)18(4,5)6/h16H,7-15H2,1-6H3. The molecule has 0 unspecified atom stereocenters. The first-order chi connectivity index (χ1) is 9.65. The summed E-state index contributed by atoms with van der Waals surface area (Å²) in [6.07, 6.45) is 2.73. The maximum absolute atomic E-state index is 2.76. The first-order valence-corrected chi connectivity index (χ1v) is 8.87. The van der Waals surface area contributed by atoms with Crippen LogP contribution in [0.15, 0.2) is 0 Å². The van der Waals surface area contributed by atoms with Gasteiger partial charge < -0.3 is 4.90 Å². The lowest BCUT2D eigenvalue weighted by atomic mass is 9.93. The van der Waals surface area contributed by atoms with E-state index in [-0.39, 0.29) is 0 Å². The lowest BCUT2D eigenvalue weighted by Crippen LogP contribution is -2.57. The minimum Gasteiger partial charge on any atom is -0.303 e. The summed E-state index contributed by atoms with van der Waals surface area (Å²) in [5.41, 5.74) is 0.771. The minimum absolute atomic E-state index is 0.335. The molecule has 2 heterocycles. The topological polar surface area (TPSA) is 9.72 Å². The van der Waals surface area contributed by atoms with Crippen molar-refractivity contribution >= 4 is 0 Å². The van der Waals surface area contributed by atoms with Crippen molar-refractivity contribution < 1.29 is 0 Å². The number of hydrogen-bond donors (Lipinski definition) is 0. The fourth-order valence-corrected chi connectivity index (χ4v) is 3.87. The number of nitrogens with zero attached hydrogens (tertiary/aromatic N) is 3. The summed E-state index contributed by atoms with van der Waals surface area (Å²) in [6, 6.07) is 0.836. The zero-order valence-electron chi connectivity index (χ0n) is 15.3. The van der Waals surface area contributed by atoms with Crippen LogP contribution in [0.2, 0.25) is 0 Å². The SMILES string of the molecule is CC(C)(C)CN1CCC(N2CCN(C(C)(C)C)CC2)CC1. The zero-order valence-corrected chi connectivity index (χ0v) is 15.3. The predicted molar refractivity (Wildman–Crippen MR) is 91.8 cm³/mol. The Bertz CT molecular complexity index is 310. The van der Waals surface area contributed by atoms with Gasteiger partial charge in [0.15, 0.2) is 0 Å². The van der Waals surface area contributed by atoms with Crippen LogP contribution < -0.4 is 0 Å². The van der Waals surface area contributed by atoms with Crippen molar-refractivity contribution in [1.82, 2.24) is 14.7 Å². The van der Waals surface area contributed by atoms with Gasteiger partial charge in [-0.05, 0) is 52.1 Å². The van der Waals surface area contributed by atoms with Crippen LogP contribution in [-0.4, -0.2) is 72.1 Å². The normalized spacial score (nSPS) is 25.4. The largest absolute Gasteiger partial charge is 0.303 e. The summed E-state index contributed by atoms with van der Waals surface area (Å²) in [5.74, 6) is 0. The Balaban J connectivity index is 1.74. The molecule has 2 saturated heterocycles. The smallest absolute Gasteiger partial charge is 0.0126 e. The maximum atomic E-state index is 2.76. The van der Waals surface area contributed by atoms with Gasteiger partial charge in [-0.15, -0.1) is 0 Å². The van der Waals surface area contributed by atoms with Crippen LogP contribution in [-0.2, 0) is 0 Å². The second-order valence-electron chi connectivity index (χ2n) is 9.26. The van der Waals surface area contributed by atoms with Gasteiger partial charge in [-0.2, -0.15) is 0 Å². The van der Waals surface area contributed by atoms with E-state index in [2.05, 4.69) is 56.2 Å². The summed E-state index contributed by atoms with van der Waals surface area (Å²) in [7, 11) is 0. The van der Waals surface area contributed by atoms with E-state index in [1.54, 1.807) is 0 Å². The molecule has 124 valence electrons. The third-order valence-corrected chi connectivity index (χ3v) is 5.03. The van der Waals surface area contributed by atoms with Crippen molar-refractivity contribution in [2.75, 3.05) is 45.8 Å². The van der Waals surface area contributed by atoms with Crippen LogP contribution in [0.3, 0.4) is 0 Å². The highest BCUT2D eigenvalue weighted by molar-refractivity contribution is 4.87. The first kappa shape index (κ1) is 17.2. The molecule has 0 aromatic carbocycles. The molecule has 21 heavy (non-hydrogen) atoms. The molecule has 0 aliphatic carbocycles. The highest BCUT2D eigenvalue weighted by atomic mass is 15.3. The molecule has 2 aliphatic heterocycles. The van der Waals surface area contributed by atoms with E-state index in [1.807, 2.05) is 0 Å². The molecule has 0 aromatic heterocycles. The summed E-state index contributed by atoms with van der Waals surface area (Å²) < 4.78 is 0. The second-order valence-corrected chi connectivity index (χ2v) is 9.26. The fourth-order valence-electron chi connectivity index (χ4n) is 3.87. The Kier molecular flexibility index (Phi) is 5.38. The lowest BCUT2D eigenvalue weighted by Gasteiger charge is -2.46. The van der Waals surface area contributed by atoms with Crippen molar-refractivity contribution in [3.8, 4) is 0 Å². The average Bonchev–Trinajstić information content (AvgIpc) is 2.37. The molecule has 0 saturated carbocycles. The summed E-state index contributed by atoms with van der Waals surface area (Å²) >= 11 is 0. The third-order valence-electron chi connectivity index (χ3n) is 5.03. The van der Waals surface area contributed by atoms with Crippen LogP contribution in [0.5, 0.6) is 0 Å².